The lowest BCUT2D eigenvalue weighted by atomic mass is 10.2. The van der Waals surface area contributed by atoms with E-state index in [-0.39, 0.29) is 0 Å². The first kappa shape index (κ1) is 12.5. The Balaban J connectivity index is 1.91. The average molecular weight is 315 g/mol. The molecular weight excluding hydrogens is 302 g/mol. The highest BCUT2D eigenvalue weighted by Gasteiger charge is 2.01. The van der Waals surface area contributed by atoms with Crippen molar-refractivity contribution in [1.29, 1.82) is 0 Å². The summed E-state index contributed by atoms with van der Waals surface area (Å²) in [4.78, 5) is 0. The summed E-state index contributed by atoms with van der Waals surface area (Å²) in [5, 5.41) is 8.21. The van der Waals surface area contributed by atoms with Gasteiger partial charge in [0.1, 0.15) is 0 Å². The van der Waals surface area contributed by atoms with Crippen molar-refractivity contribution in [3.8, 4) is 0 Å². The molecule has 0 bridgehead atoms. The Kier molecular flexibility index (Phi) is 4.07. The molecule has 0 atom stereocenters. The third-order valence-corrected chi connectivity index (χ3v) is 3.34. The van der Waals surface area contributed by atoms with Crippen molar-refractivity contribution in [1.82, 2.24) is 9.78 Å². The van der Waals surface area contributed by atoms with Crippen LogP contribution < -0.4 is 5.32 Å². The lowest BCUT2D eigenvalue weighted by molar-refractivity contribution is 0.767. The molecule has 2 aromatic rings. The van der Waals surface area contributed by atoms with Crippen LogP contribution in [-0.4, -0.2) is 16.3 Å². The molecule has 1 aromatic carbocycles. The molecule has 0 fully saturated rings. The number of benzene rings is 1. The molecule has 0 spiro atoms. The Morgan fingerprint density at radius 1 is 1.47 bits per heavy atom. The van der Waals surface area contributed by atoms with Gasteiger partial charge >= 0.3 is 0 Å². The standard InChI is InChI=1S/C12H13BrClN3/c1-17-8-9(7-16-17)4-5-15-12-6-10(14)2-3-11(12)13/h2-3,6-8,15H,4-5H2,1H3. The molecule has 5 heteroatoms. The van der Waals surface area contributed by atoms with Crippen LogP contribution in [0.15, 0.2) is 35.1 Å². The number of halogens is 2. The molecule has 0 aliphatic carbocycles. The minimum atomic E-state index is 0.733. The first-order chi connectivity index (χ1) is 8.15. The van der Waals surface area contributed by atoms with E-state index in [1.165, 1.54) is 5.56 Å². The van der Waals surface area contributed by atoms with Crippen molar-refractivity contribution in [3.05, 3.63) is 45.7 Å². The number of aryl methyl sites for hydroxylation is 1. The average Bonchev–Trinajstić information content (AvgIpc) is 2.69. The second kappa shape index (κ2) is 5.56. The van der Waals surface area contributed by atoms with E-state index in [4.69, 9.17) is 11.6 Å². The third-order valence-electron chi connectivity index (χ3n) is 2.42. The molecule has 17 heavy (non-hydrogen) atoms. The summed E-state index contributed by atoms with van der Waals surface area (Å²) in [6, 6.07) is 5.71. The molecule has 1 aromatic heterocycles. The highest BCUT2D eigenvalue weighted by atomic mass is 79.9. The summed E-state index contributed by atoms with van der Waals surface area (Å²) < 4.78 is 2.83. The van der Waals surface area contributed by atoms with E-state index in [0.717, 1.165) is 28.1 Å². The van der Waals surface area contributed by atoms with Crippen LogP contribution in [0, 0.1) is 0 Å². The number of nitrogens with one attached hydrogen (secondary N) is 1. The minimum Gasteiger partial charge on any atom is -0.384 e. The van der Waals surface area contributed by atoms with Gasteiger partial charge < -0.3 is 5.32 Å². The molecule has 1 heterocycles. The largest absolute Gasteiger partial charge is 0.384 e. The van der Waals surface area contributed by atoms with Crippen molar-refractivity contribution >= 4 is 33.2 Å². The normalized spacial score (nSPS) is 10.5. The van der Waals surface area contributed by atoms with Gasteiger partial charge in [0, 0.05) is 35.0 Å². The molecule has 0 saturated heterocycles. The van der Waals surface area contributed by atoms with E-state index in [0.29, 0.717) is 0 Å². The smallest absolute Gasteiger partial charge is 0.0522 e. The summed E-state index contributed by atoms with van der Waals surface area (Å²) in [6.07, 6.45) is 4.84. The van der Waals surface area contributed by atoms with Crippen LogP contribution in [0.5, 0.6) is 0 Å². The second-order valence-electron chi connectivity index (χ2n) is 3.82. The highest BCUT2D eigenvalue weighted by Crippen LogP contribution is 2.25. The number of aromatic nitrogens is 2. The van der Waals surface area contributed by atoms with Crippen molar-refractivity contribution in [2.45, 2.75) is 6.42 Å². The van der Waals surface area contributed by atoms with E-state index >= 15 is 0 Å². The number of nitrogens with zero attached hydrogens (tertiary/aromatic N) is 2. The zero-order chi connectivity index (χ0) is 12.3. The van der Waals surface area contributed by atoms with Gasteiger partial charge in [-0.2, -0.15) is 5.10 Å². The van der Waals surface area contributed by atoms with Crippen LogP contribution in [0.2, 0.25) is 5.02 Å². The fourth-order valence-electron chi connectivity index (χ4n) is 1.58. The highest BCUT2D eigenvalue weighted by molar-refractivity contribution is 9.10. The lowest BCUT2D eigenvalue weighted by Gasteiger charge is -2.08. The molecule has 0 aliphatic rings. The SMILES string of the molecule is Cn1cc(CCNc2cc(Cl)ccc2Br)cn1. The molecule has 0 saturated carbocycles. The molecule has 0 amide bonds. The quantitative estimate of drug-likeness (QED) is 0.936. The van der Waals surface area contributed by atoms with Gasteiger partial charge in [-0.05, 0) is 46.1 Å². The van der Waals surface area contributed by atoms with E-state index in [2.05, 4.69) is 26.3 Å². The maximum absolute atomic E-state index is 5.94. The van der Waals surface area contributed by atoms with Crippen LogP contribution in [0.1, 0.15) is 5.56 Å². The molecular formula is C12H13BrClN3. The molecule has 1 N–H and O–H groups in total. The van der Waals surface area contributed by atoms with E-state index in [1.54, 1.807) is 0 Å². The fourth-order valence-corrected chi connectivity index (χ4v) is 2.13. The van der Waals surface area contributed by atoms with Crippen LogP contribution in [0.25, 0.3) is 0 Å². The molecule has 0 aliphatic heterocycles. The molecule has 3 nitrogen and oxygen atoms in total. The Labute approximate surface area is 114 Å². The Hall–Kier alpha value is -1.00. The van der Waals surface area contributed by atoms with Crippen molar-refractivity contribution < 1.29 is 0 Å². The van der Waals surface area contributed by atoms with E-state index in [1.807, 2.05) is 42.3 Å². The van der Waals surface area contributed by atoms with Crippen molar-refractivity contribution in [2.75, 3.05) is 11.9 Å². The van der Waals surface area contributed by atoms with Crippen LogP contribution in [0.4, 0.5) is 5.69 Å². The van der Waals surface area contributed by atoms with E-state index < -0.39 is 0 Å². The van der Waals surface area contributed by atoms with Gasteiger partial charge in [0.05, 0.1) is 6.20 Å². The summed E-state index contributed by atoms with van der Waals surface area (Å²) in [5.41, 5.74) is 2.24. The summed E-state index contributed by atoms with van der Waals surface area (Å²) in [7, 11) is 1.92. The first-order valence-corrected chi connectivity index (χ1v) is 6.49. The predicted octanol–water partition coefficient (Wildman–Crippen LogP) is 3.49. The first-order valence-electron chi connectivity index (χ1n) is 5.31. The topological polar surface area (TPSA) is 29.9 Å². The number of hydrogen-bond donors (Lipinski definition) is 1. The van der Waals surface area contributed by atoms with Crippen LogP contribution >= 0.6 is 27.5 Å². The van der Waals surface area contributed by atoms with Crippen LogP contribution in [-0.2, 0) is 13.5 Å². The van der Waals surface area contributed by atoms with Gasteiger partial charge in [0.15, 0.2) is 0 Å². The fraction of sp³-hybridized carbons (Fsp3) is 0.250. The summed E-state index contributed by atoms with van der Waals surface area (Å²) >= 11 is 9.43. The molecule has 0 unspecified atom stereocenters. The lowest BCUT2D eigenvalue weighted by Crippen LogP contribution is -2.04. The van der Waals surface area contributed by atoms with Gasteiger partial charge in [-0.15, -0.1) is 0 Å². The Bertz CT molecular complexity index is 510. The summed E-state index contributed by atoms with van der Waals surface area (Å²) in [6.45, 7) is 0.852. The number of anilines is 1. The number of hydrogen-bond acceptors (Lipinski definition) is 2. The zero-order valence-corrected chi connectivity index (χ0v) is 11.8. The summed E-state index contributed by atoms with van der Waals surface area (Å²) in [5.74, 6) is 0. The molecule has 90 valence electrons. The predicted molar refractivity (Wildman–Crippen MR) is 74.6 cm³/mol. The van der Waals surface area contributed by atoms with Crippen LogP contribution in [0.3, 0.4) is 0 Å². The minimum absolute atomic E-state index is 0.733. The van der Waals surface area contributed by atoms with Crippen molar-refractivity contribution in [3.63, 3.8) is 0 Å². The van der Waals surface area contributed by atoms with Gasteiger partial charge in [-0.25, -0.2) is 0 Å². The molecule has 0 radical (unpaired) electrons. The zero-order valence-electron chi connectivity index (χ0n) is 9.45. The molecule has 2 rings (SSSR count). The number of rotatable bonds is 4. The Morgan fingerprint density at radius 3 is 3.00 bits per heavy atom. The second-order valence-corrected chi connectivity index (χ2v) is 5.11. The van der Waals surface area contributed by atoms with Crippen molar-refractivity contribution in [2.24, 2.45) is 7.05 Å². The van der Waals surface area contributed by atoms with E-state index in [9.17, 15) is 0 Å². The monoisotopic (exact) mass is 313 g/mol. The maximum atomic E-state index is 5.94. The van der Waals surface area contributed by atoms with Gasteiger partial charge in [-0.3, -0.25) is 4.68 Å². The maximum Gasteiger partial charge on any atom is 0.0522 e. The Morgan fingerprint density at radius 2 is 2.29 bits per heavy atom. The van der Waals surface area contributed by atoms with Gasteiger partial charge in [0.2, 0.25) is 0 Å². The van der Waals surface area contributed by atoms with Gasteiger partial charge in [-0.1, -0.05) is 11.6 Å². The third kappa shape index (κ3) is 3.48. The van der Waals surface area contributed by atoms with Gasteiger partial charge in [0.25, 0.3) is 0 Å².